The summed E-state index contributed by atoms with van der Waals surface area (Å²) < 4.78 is 24.2. The summed E-state index contributed by atoms with van der Waals surface area (Å²) >= 11 is 0. The van der Waals surface area contributed by atoms with Crippen molar-refractivity contribution in [1.82, 2.24) is 9.80 Å². The summed E-state index contributed by atoms with van der Waals surface area (Å²) in [5, 5.41) is 0. The predicted octanol–water partition coefficient (Wildman–Crippen LogP) is 5.54. The molecule has 44 heavy (non-hydrogen) atoms. The molecule has 0 amide bonds. The molecule has 2 aromatic carbocycles. The summed E-state index contributed by atoms with van der Waals surface area (Å²) in [5.74, 6) is 1.89. The number of likely N-dealkylation sites (tertiary alicyclic amines) is 2. The summed E-state index contributed by atoms with van der Waals surface area (Å²) in [6.45, 7) is 11.7. The van der Waals surface area contributed by atoms with E-state index in [9.17, 15) is 0 Å². The Morgan fingerprint density at radius 1 is 0.591 bits per heavy atom. The third-order valence-corrected chi connectivity index (χ3v) is 11.0. The van der Waals surface area contributed by atoms with Crippen LogP contribution in [0.5, 0.6) is 11.5 Å². The van der Waals surface area contributed by atoms with Gasteiger partial charge in [0.2, 0.25) is 0 Å². The summed E-state index contributed by atoms with van der Waals surface area (Å²) in [6, 6.07) is 17.6. The minimum absolute atomic E-state index is 0.0674. The highest BCUT2D eigenvalue weighted by Crippen LogP contribution is 2.49. The van der Waals surface area contributed by atoms with E-state index in [2.05, 4.69) is 58.3 Å². The first-order chi connectivity index (χ1) is 21.7. The average molecular weight is 606 g/mol. The molecule has 7 nitrogen and oxygen atoms in total. The Balaban J connectivity index is 1.14. The van der Waals surface area contributed by atoms with Crippen molar-refractivity contribution in [3.63, 3.8) is 0 Å². The van der Waals surface area contributed by atoms with Crippen LogP contribution >= 0.6 is 0 Å². The van der Waals surface area contributed by atoms with E-state index < -0.39 is 0 Å². The predicted molar refractivity (Wildman–Crippen MR) is 176 cm³/mol. The topological polar surface area (TPSA) is 69.4 Å². The van der Waals surface area contributed by atoms with Crippen molar-refractivity contribution in [2.45, 2.75) is 81.1 Å². The van der Waals surface area contributed by atoms with Crippen LogP contribution in [-0.2, 0) is 20.3 Å². The van der Waals surface area contributed by atoms with Gasteiger partial charge in [-0.2, -0.15) is 0 Å². The lowest BCUT2D eigenvalue weighted by atomic mass is 9.56. The normalized spacial score (nSPS) is 22.4. The molecule has 4 aliphatic rings. The molecule has 0 spiro atoms. The van der Waals surface area contributed by atoms with Gasteiger partial charge in [0.05, 0.1) is 13.2 Å². The lowest BCUT2D eigenvalue weighted by Crippen LogP contribution is -2.61. The first kappa shape index (κ1) is 31.8. The molecule has 0 atom stereocenters. The Bertz CT molecular complexity index is 1030. The van der Waals surface area contributed by atoms with E-state index in [1.807, 2.05) is 0 Å². The number of rotatable bonds is 14. The van der Waals surface area contributed by atoms with Gasteiger partial charge in [-0.1, -0.05) is 24.3 Å². The van der Waals surface area contributed by atoms with Crippen LogP contribution in [0.1, 0.15) is 75.3 Å². The second-order valence-corrected chi connectivity index (χ2v) is 13.6. The van der Waals surface area contributed by atoms with Crippen molar-refractivity contribution < 1.29 is 18.9 Å². The molecule has 2 aromatic rings. The second-order valence-electron chi connectivity index (χ2n) is 13.6. The highest BCUT2D eigenvalue weighted by molar-refractivity contribution is 5.40. The van der Waals surface area contributed by atoms with E-state index in [0.29, 0.717) is 0 Å². The summed E-state index contributed by atoms with van der Waals surface area (Å²) in [4.78, 5) is 5.10. The minimum Gasteiger partial charge on any atom is -0.494 e. The van der Waals surface area contributed by atoms with Gasteiger partial charge in [-0.3, -0.25) is 0 Å². The molecule has 7 heteroatoms. The Hall–Kier alpha value is -2.16. The van der Waals surface area contributed by atoms with Gasteiger partial charge in [0.15, 0.2) is 0 Å². The largest absolute Gasteiger partial charge is 0.494 e. The fraction of sp³-hybridized carbons (Fsp3) is 0.676. The average Bonchev–Trinajstić information content (AvgIpc) is 3.81. The van der Waals surface area contributed by atoms with E-state index in [-0.39, 0.29) is 16.9 Å². The van der Waals surface area contributed by atoms with Crippen molar-refractivity contribution in [1.29, 1.82) is 0 Å². The first-order valence-corrected chi connectivity index (χ1v) is 17.5. The van der Waals surface area contributed by atoms with Gasteiger partial charge in [0, 0.05) is 56.4 Å². The van der Waals surface area contributed by atoms with Crippen LogP contribution in [0.3, 0.4) is 0 Å². The van der Waals surface area contributed by atoms with E-state index >= 15 is 0 Å². The smallest absolute Gasteiger partial charge is 0.119 e. The zero-order valence-corrected chi connectivity index (χ0v) is 26.9. The van der Waals surface area contributed by atoms with Crippen LogP contribution in [0.15, 0.2) is 48.5 Å². The molecule has 0 saturated carbocycles. The van der Waals surface area contributed by atoms with Crippen LogP contribution in [0.2, 0.25) is 0 Å². The molecule has 4 saturated heterocycles. The van der Waals surface area contributed by atoms with Crippen molar-refractivity contribution in [3.05, 3.63) is 59.7 Å². The van der Waals surface area contributed by atoms with Gasteiger partial charge in [0.25, 0.3) is 0 Å². The van der Waals surface area contributed by atoms with E-state index in [1.165, 1.54) is 63.0 Å². The molecular formula is C37H55N3O4. The molecule has 2 N–H and O–H groups in total. The van der Waals surface area contributed by atoms with E-state index in [0.717, 1.165) is 103 Å². The Morgan fingerprint density at radius 2 is 0.955 bits per heavy atom. The van der Waals surface area contributed by atoms with Crippen LogP contribution in [0.4, 0.5) is 0 Å². The zero-order chi connectivity index (χ0) is 30.1. The molecule has 242 valence electrons. The van der Waals surface area contributed by atoms with Crippen LogP contribution in [0, 0.1) is 0 Å². The number of hydrogen-bond acceptors (Lipinski definition) is 7. The van der Waals surface area contributed by atoms with Crippen LogP contribution < -0.4 is 15.2 Å². The third kappa shape index (κ3) is 7.45. The molecule has 0 bridgehead atoms. The van der Waals surface area contributed by atoms with Gasteiger partial charge in [-0.15, -0.1) is 0 Å². The summed E-state index contributed by atoms with van der Waals surface area (Å²) in [7, 11) is 0. The van der Waals surface area contributed by atoms with Crippen LogP contribution in [-0.4, -0.2) is 94.8 Å². The first-order valence-electron chi connectivity index (χ1n) is 17.5. The maximum absolute atomic E-state index is 7.57. The van der Waals surface area contributed by atoms with Crippen molar-refractivity contribution in [2.75, 3.05) is 78.9 Å². The van der Waals surface area contributed by atoms with E-state index in [4.69, 9.17) is 24.7 Å². The number of nitrogens with zero attached hydrogens (tertiary/aromatic N) is 2. The van der Waals surface area contributed by atoms with Crippen LogP contribution in [0.25, 0.3) is 0 Å². The Labute approximate surface area is 265 Å². The number of ether oxygens (including phenoxy) is 4. The standard InChI is InChI=1S/C37H55N3O4/c38-35(36(15-27-41-28-16-36)31-7-11-33(12-8-31)43-25-5-23-39-19-1-2-20-39)37(17-29-42-30-18-37)32-9-13-34(14-10-32)44-26-6-24-40-21-3-4-22-40/h7-14,35H,1-6,15-30,38H2. The second kappa shape index (κ2) is 15.4. The van der Waals surface area contributed by atoms with Gasteiger partial charge in [-0.05, 0) is 126 Å². The molecule has 0 radical (unpaired) electrons. The third-order valence-electron chi connectivity index (χ3n) is 11.0. The number of benzene rings is 2. The van der Waals surface area contributed by atoms with Gasteiger partial charge >= 0.3 is 0 Å². The van der Waals surface area contributed by atoms with E-state index in [1.54, 1.807) is 0 Å². The number of nitrogens with two attached hydrogens (primary N) is 1. The Kier molecular flexibility index (Phi) is 11.1. The molecule has 0 aliphatic carbocycles. The maximum Gasteiger partial charge on any atom is 0.119 e. The SMILES string of the molecule is NC(C1(c2ccc(OCCCN3CCCC3)cc2)CCOCC1)C1(c2ccc(OCCCN3CCCC3)cc2)CCOCC1. The molecular weight excluding hydrogens is 550 g/mol. The molecule has 4 fully saturated rings. The lowest BCUT2D eigenvalue weighted by Gasteiger charge is -2.53. The van der Waals surface area contributed by atoms with Gasteiger partial charge in [0.1, 0.15) is 11.5 Å². The fourth-order valence-corrected chi connectivity index (χ4v) is 8.29. The Morgan fingerprint density at radius 3 is 1.32 bits per heavy atom. The maximum atomic E-state index is 7.57. The summed E-state index contributed by atoms with van der Waals surface area (Å²) in [6.07, 6.45) is 11.2. The van der Waals surface area contributed by atoms with Crippen molar-refractivity contribution in [3.8, 4) is 11.5 Å². The highest BCUT2D eigenvalue weighted by Gasteiger charge is 2.51. The van der Waals surface area contributed by atoms with Crippen molar-refractivity contribution in [2.24, 2.45) is 5.73 Å². The lowest BCUT2D eigenvalue weighted by molar-refractivity contribution is -0.00695. The summed E-state index contributed by atoms with van der Waals surface area (Å²) in [5.41, 5.74) is 9.84. The molecule has 4 heterocycles. The molecule has 6 rings (SSSR count). The van der Waals surface area contributed by atoms with Crippen molar-refractivity contribution >= 4 is 0 Å². The monoisotopic (exact) mass is 605 g/mol. The quantitative estimate of drug-likeness (QED) is 0.284. The molecule has 0 unspecified atom stereocenters. The zero-order valence-electron chi connectivity index (χ0n) is 26.9. The van der Waals surface area contributed by atoms with Gasteiger partial charge in [-0.25, -0.2) is 0 Å². The molecule has 0 aromatic heterocycles. The molecule has 4 aliphatic heterocycles. The minimum atomic E-state index is -0.172. The van der Waals surface area contributed by atoms with Gasteiger partial charge < -0.3 is 34.5 Å². The highest BCUT2D eigenvalue weighted by atomic mass is 16.5. The number of hydrogen-bond donors (Lipinski definition) is 1. The fourth-order valence-electron chi connectivity index (χ4n) is 8.29.